The average Bonchev–Trinajstić information content (AvgIpc) is 2.98. The van der Waals surface area contributed by atoms with Gasteiger partial charge in [0.2, 0.25) is 0 Å². The van der Waals surface area contributed by atoms with Gasteiger partial charge < -0.3 is 10.0 Å². The maximum absolute atomic E-state index is 12.9. The van der Waals surface area contributed by atoms with Gasteiger partial charge in [0.1, 0.15) is 0 Å². The highest BCUT2D eigenvalue weighted by Crippen LogP contribution is 2.27. The third kappa shape index (κ3) is 3.51. The summed E-state index contributed by atoms with van der Waals surface area (Å²) in [6, 6.07) is 13.7. The average molecular weight is 392 g/mol. The van der Waals surface area contributed by atoms with E-state index < -0.39 is 17.8 Å². The van der Waals surface area contributed by atoms with Gasteiger partial charge >= 0.3 is 5.97 Å². The maximum Gasteiger partial charge on any atom is 0.308 e. The van der Waals surface area contributed by atoms with Gasteiger partial charge in [0, 0.05) is 18.7 Å². The zero-order valence-electron chi connectivity index (χ0n) is 15.7. The monoisotopic (exact) mass is 392 g/mol. The second-order valence-corrected chi connectivity index (χ2v) is 7.37. The molecule has 0 bridgehead atoms. The molecule has 2 heterocycles. The van der Waals surface area contributed by atoms with Crippen molar-refractivity contribution in [2.24, 2.45) is 5.92 Å². The third-order valence-corrected chi connectivity index (χ3v) is 5.46. The van der Waals surface area contributed by atoms with Crippen LogP contribution in [0.1, 0.15) is 49.5 Å². The van der Waals surface area contributed by atoms with Crippen LogP contribution in [0.2, 0.25) is 0 Å². The quantitative estimate of drug-likeness (QED) is 0.807. The lowest BCUT2D eigenvalue weighted by Gasteiger charge is -2.30. The van der Waals surface area contributed by atoms with Crippen LogP contribution < -0.4 is 0 Å². The SMILES string of the molecule is O=C(O)C1CCCN(C(=O)c2ccc3c(c2)C(=O)N(Cc2ccccc2)C3=O)C1. The Morgan fingerprint density at radius 1 is 1.00 bits per heavy atom. The number of carbonyl (C=O) groups excluding carboxylic acids is 3. The molecule has 1 unspecified atom stereocenters. The van der Waals surface area contributed by atoms with Crippen molar-refractivity contribution in [3.05, 3.63) is 70.8 Å². The van der Waals surface area contributed by atoms with Crippen molar-refractivity contribution in [1.82, 2.24) is 9.80 Å². The number of likely N-dealkylation sites (tertiary alicyclic amines) is 1. The van der Waals surface area contributed by atoms with E-state index in [-0.39, 0.29) is 41.6 Å². The van der Waals surface area contributed by atoms with E-state index in [0.717, 1.165) is 5.56 Å². The van der Waals surface area contributed by atoms with Crippen LogP contribution >= 0.6 is 0 Å². The van der Waals surface area contributed by atoms with Crippen LogP contribution in [0.5, 0.6) is 0 Å². The Balaban J connectivity index is 1.56. The van der Waals surface area contributed by atoms with Gasteiger partial charge in [0.15, 0.2) is 0 Å². The fourth-order valence-corrected chi connectivity index (χ4v) is 3.88. The van der Waals surface area contributed by atoms with Crippen molar-refractivity contribution >= 4 is 23.7 Å². The summed E-state index contributed by atoms with van der Waals surface area (Å²) < 4.78 is 0. The van der Waals surface area contributed by atoms with Crippen molar-refractivity contribution in [1.29, 1.82) is 0 Å². The number of carboxylic acids is 1. The number of carbonyl (C=O) groups is 4. The Hall–Kier alpha value is -3.48. The first-order valence-corrected chi connectivity index (χ1v) is 9.52. The van der Waals surface area contributed by atoms with E-state index in [0.29, 0.717) is 19.4 Å². The number of hydrogen-bond acceptors (Lipinski definition) is 4. The molecule has 2 aliphatic rings. The summed E-state index contributed by atoms with van der Waals surface area (Å²) in [5.41, 5.74) is 1.62. The summed E-state index contributed by atoms with van der Waals surface area (Å²) in [5.74, 6) is -2.61. The summed E-state index contributed by atoms with van der Waals surface area (Å²) in [4.78, 5) is 52.3. The van der Waals surface area contributed by atoms with Crippen LogP contribution in [-0.4, -0.2) is 51.7 Å². The minimum absolute atomic E-state index is 0.151. The molecular weight excluding hydrogens is 372 g/mol. The van der Waals surface area contributed by atoms with Gasteiger partial charge in [-0.1, -0.05) is 30.3 Å². The summed E-state index contributed by atoms with van der Waals surface area (Å²) in [6.45, 7) is 0.799. The molecule has 7 nitrogen and oxygen atoms in total. The molecule has 4 rings (SSSR count). The van der Waals surface area contributed by atoms with Gasteiger partial charge in [-0.3, -0.25) is 24.1 Å². The molecule has 0 saturated carbocycles. The standard InChI is InChI=1S/C22H20N2O5/c25-19(23-10-4-7-16(13-23)22(28)29)15-8-9-17-18(11-15)21(27)24(20(17)26)12-14-5-2-1-3-6-14/h1-3,5-6,8-9,11,16H,4,7,10,12-13H2,(H,28,29). The van der Waals surface area contributed by atoms with E-state index in [4.69, 9.17) is 0 Å². The Bertz CT molecular complexity index is 1000. The van der Waals surface area contributed by atoms with Gasteiger partial charge in [-0.15, -0.1) is 0 Å². The van der Waals surface area contributed by atoms with E-state index in [9.17, 15) is 24.3 Å². The van der Waals surface area contributed by atoms with E-state index in [2.05, 4.69) is 0 Å². The van der Waals surface area contributed by atoms with E-state index >= 15 is 0 Å². The molecule has 0 aliphatic carbocycles. The number of hydrogen-bond donors (Lipinski definition) is 1. The summed E-state index contributed by atoms with van der Waals surface area (Å²) in [6.07, 6.45) is 1.17. The predicted molar refractivity (Wildman–Crippen MR) is 103 cm³/mol. The van der Waals surface area contributed by atoms with Gasteiger partial charge in [-0.25, -0.2) is 0 Å². The topological polar surface area (TPSA) is 95.0 Å². The summed E-state index contributed by atoms with van der Waals surface area (Å²) in [7, 11) is 0. The highest BCUT2D eigenvalue weighted by Gasteiger charge is 2.36. The van der Waals surface area contributed by atoms with Crippen molar-refractivity contribution in [2.45, 2.75) is 19.4 Å². The Labute approximate surface area is 167 Å². The highest BCUT2D eigenvalue weighted by molar-refractivity contribution is 6.22. The second kappa shape index (κ2) is 7.50. The number of nitrogens with zero attached hydrogens (tertiary/aromatic N) is 2. The van der Waals surface area contributed by atoms with Crippen LogP contribution in [0.25, 0.3) is 0 Å². The molecule has 7 heteroatoms. The molecule has 0 aromatic heterocycles. The van der Waals surface area contributed by atoms with Crippen molar-refractivity contribution in [2.75, 3.05) is 13.1 Å². The number of fused-ring (bicyclic) bond motifs is 1. The molecule has 29 heavy (non-hydrogen) atoms. The van der Waals surface area contributed by atoms with E-state index in [1.54, 1.807) is 0 Å². The van der Waals surface area contributed by atoms with Crippen molar-refractivity contribution in [3.63, 3.8) is 0 Å². The second-order valence-electron chi connectivity index (χ2n) is 7.37. The van der Waals surface area contributed by atoms with Crippen LogP contribution in [0.4, 0.5) is 0 Å². The predicted octanol–water partition coefficient (Wildman–Crippen LogP) is 2.42. The number of carboxylic acid groups (broad SMARTS) is 1. The zero-order valence-corrected chi connectivity index (χ0v) is 15.7. The van der Waals surface area contributed by atoms with E-state index in [1.165, 1.54) is 28.0 Å². The maximum atomic E-state index is 12.9. The van der Waals surface area contributed by atoms with Crippen molar-refractivity contribution < 1.29 is 24.3 Å². The number of imide groups is 1. The molecule has 1 atom stereocenters. The van der Waals surface area contributed by atoms with Gasteiger partial charge in [0.25, 0.3) is 17.7 Å². The van der Waals surface area contributed by atoms with E-state index in [1.807, 2.05) is 30.3 Å². The highest BCUT2D eigenvalue weighted by atomic mass is 16.4. The summed E-state index contributed by atoms with van der Waals surface area (Å²) >= 11 is 0. The molecule has 3 amide bonds. The molecule has 0 spiro atoms. The van der Waals surface area contributed by atoms with Gasteiger partial charge in [-0.05, 0) is 36.6 Å². The lowest BCUT2D eigenvalue weighted by Crippen LogP contribution is -2.42. The summed E-state index contributed by atoms with van der Waals surface area (Å²) in [5, 5.41) is 9.22. The fourth-order valence-electron chi connectivity index (χ4n) is 3.88. The number of benzene rings is 2. The fraction of sp³-hybridized carbons (Fsp3) is 0.273. The minimum atomic E-state index is -0.909. The minimum Gasteiger partial charge on any atom is -0.481 e. The molecule has 2 aromatic rings. The molecule has 148 valence electrons. The molecule has 1 N–H and O–H groups in total. The van der Waals surface area contributed by atoms with Crippen molar-refractivity contribution in [3.8, 4) is 0 Å². The molecule has 0 radical (unpaired) electrons. The normalized spacial score (nSPS) is 18.7. The number of rotatable bonds is 4. The Kier molecular flexibility index (Phi) is 4.88. The zero-order chi connectivity index (χ0) is 20.5. The van der Waals surface area contributed by atoms with Crippen LogP contribution in [0, 0.1) is 5.92 Å². The largest absolute Gasteiger partial charge is 0.481 e. The third-order valence-electron chi connectivity index (χ3n) is 5.46. The molecule has 1 fully saturated rings. The lowest BCUT2D eigenvalue weighted by atomic mass is 9.97. The molecule has 1 saturated heterocycles. The first kappa shape index (κ1) is 18.9. The molecule has 2 aliphatic heterocycles. The Morgan fingerprint density at radius 2 is 1.72 bits per heavy atom. The van der Waals surface area contributed by atoms with Gasteiger partial charge in [0.05, 0.1) is 23.6 Å². The number of amides is 3. The van der Waals surface area contributed by atoms with Gasteiger partial charge in [-0.2, -0.15) is 0 Å². The van der Waals surface area contributed by atoms with Crippen LogP contribution in [0.3, 0.4) is 0 Å². The Morgan fingerprint density at radius 3 is 2.45 bits per heavy atom. The molecular formula is C22H20N2O5. The first-order valence-electron chi connectivity index (χ1n) is 9.52. The first-order chi connectivity index (χ1) is 14.0. The number of piperidine rings is 1. The van der Waals surface area contributed by atoms with Crippen LogP contribution in [-0.2, 0) is 11.3 Å². The smallest absolute Gasteiger partial charge is 0.308 e. The molecule has 2 aromatic carbocycles. The number of aliphatic carboxylic acids is 1. The van der Waals surface area contributed by atoms with Crippen LogP contribution in [0.15, 0.2) is 48.5 Å². The lowest BCUT2D eigenvalue weighted by molar-refractivity contribution is -0.143.